The van der Waals surface area contributed by atoms with Gasteiger partial charge in [0.2, 0.25) is 10.0 Å². The van der Waals surface area contributed by atoms with Gasteiger partial charge in [0.05, 0.1) is 8.68 Å². The van der Waals surface area contributed by atoms with E-state index in [-0.39, 0.29) is 6.04 Å². The first kappa shape index (κ1) is 15.5. The summed E-state index contributed by atoms with van der Waals surface area (Å²) in [6.45, 7) is 4.07. The Morgan fingerprint density at radius 1 is 1.42 bits per heavy atom. The summed E-state index contributed by atoms with van der Waals surface area (Å²) in [5.74, 6) is 0.617. The Labute approximate surface area is 128 Å². The molecule has 1 heterocycles. The number of hydrogen-bond acceptors (Lipinski definition) is 3. The van der Waals surface area contributed by atoms with Crippen molar-refractivity contribution in [1.29, 1.82) is 0 Å². The van der Waals surface area contributed by atoms with E-state index >= 15 is 0 Å². The molecule has 0 aliphatic heterocycles. The van der Waals surface area contributed by atoms with Gasteiger partial charge in [0.15, 0.2) is 0 Å². The normalized spacial score (nSPS) is 24.9. The molecule has 1 aliphatic carbocycles. The van der Waals surface area contributed by atoms with E-state index in [2.05, 4.69) is 22.9 Å². The number of thiophene rings is 1. The van der Waals surface area contributed by atoms with Gasteiger partial charge in [-0.3, -0.25) is 0 Å². The molecule has 0 saturated heterocycles. The molecule has 0 N–H and O–H groups in total. The zero-order valence-corrected chi connectivity index (χ0v) is 14.7. The second-order valence-electron chi connectivity index (χ2n) is 5.42. The Hall–Kier alpha value is 0.0900. The van der Waals surface area contributed by atoms with Crippen LogP contribution in [0.2, 0.25) is 0 Å². The third-order valence-electron chi connectivity index (χ3n) is 3.92. The molecule has 108 valence electrons. The van der Waals surface area contributed by atoms with E-state index in [1.807, 2.05) is 6.92 Å². The van der Waals surface area contributed by atoms with E-state index in [1.54, 1.807) is 17.4 Å². The lowest BCUT2D eigenvalue weighted by Crippen LogP contribution is -2.39. The molecule has 6 heteroatoms. The van der Waals surface area contributed by atoms with Gasteiger partial charge in [0.25, 0.3) is 0 Å². The van der Waals surface area contributed by atoms with Gasteiger partial charge in [-0.25, -0.2) is 8.42 Å². The predicted molar refractivity (Wildman–Crippen MR) is 83.1 cm³/mol. The third-order valence-corrected chi connectivity index (χ3v) is 7.64. The molecule has 0 spiro atoms. The van der Waals surface area contributed by atoms with Crippen molar-refractivity contribution in [3.63, 3.8) is 0 Å². The standard InChI is InChI=1S/C13H20BrNO2S2/c1-9-5-4-6-11(7-9)15(3)19(16,17)12-8-13(14)18-10(12)2/h8-9,11H,4-7H2,1-3H3. The van der Waals surface area contributed by atoms with Crippen molar-refractivity contribution in [2.75, 3.05) is 7.05 Å². The van der Waals surface area contributed by atoms with Crippen LogP contribution in [0, 0.1) is 12.8 Å². The minimum absolute atomic E-state index is 0.145. The molecule has 2 atom stereocenters. The molecule has 2 rings (SSSR count). The molecule has 0 amide bonds. The average molecular weight is 366 g/mol. The highest BCUT2D eigenvalue weighted by Crippen LogP contribution is 2.34. The van der Waals surface area contributed by atoms with Gasteiger partial charge >= 0.3 is 0 Å². The van der Waals surface area contributed by atoms with Gasteiger partial charge in [-0.05, 0) is 47.7 Å². The molecule has 1 saturated carbocycles. The van der Waals surface area contributed by atoms with Gasteiger partial charge in [0.1, 0.15) is 0 Å². The number of hydrogen-bond donors (Lipinski definition) is 0. The van der Waals surface area contributed by atoms with Crippen molar-refractivity contribution in [3.8, 4) is 0 Å². The Bertz CT molecular complexity index is 553. The SMILES string of the molecule is Cc1sc(Br)cc1S(=O)(=O)N(C)C1CCCC(C)C1. The molecule has 0 aromatic carbocycles. The highest BCUT2D eigenvalue weighted by Gasteiger charge is 2.32. The van der Waals surface area contributed by atoms with Crippen LogP contribution in [0.3, 0.4) is 0 Å². The zero-order chi connectivity index (χ0) is 14.2. The first-order valence-corrected chi connectivity index (χ1v) is 9.61. The Morgan fingerprint density at radius 2 is 2.11 bits per heavy atom. The van der Waals surface area contributed by atoms with E-state index in [0.717, 1.165) is 27.9 Å². The summed E-state index contributed by atoms with van der Waals surface area (Å²) in [7, 11) is -1.63. The quantitative estimate of drug-likeness (QED) is 0.810. The van der Waals surface area contributed by atoms with Crippen molar-refractivity contribution < 1.29 is 8.42 Å². The predicted octanol–water partition coefficient (Wildman–Crippen LogP) is 4.02. The molecule has 1 fully saturated rings. The van der Waals surface area contributed by atoms with Gasteiger partial charge in [0, 0.05) is 18.0 Å². The van der Waals surface area contributed by atoms with Crippen molar-refractivity contribution in [1.82, 2.24) is 4.31 Å². The van der Waals surface area contributed by atoms with Crippen LogP contribution in [0.4, 0.5) is 0 Å². The molecular formula is C13H20BrNO2S2. The summed E-state index contributed by atoms with van der Waals surface area (Å²) >= 11 is 4.84. The number of nitrogens with zero attached hydrogens (tertiary/aromatic N) is 1. The molecule has 0 bridgehead atoms. The molecule has 3 nitrogen and oxygen atoms in total. The first-order chi connectivity index (χ1) is 8.82. The zero-order valence-electron chi connectivity index (χ0n) is 11.5. The maximum atomic E-state index is 12.7. The fourth-order valence-corrected chi connectivity index (χ4v) is 6.55. The lowest BCUT2D eigenvalue weighted by atomic mass is 9.87. The van der Waals surface area contributed by atoms with Crippen LogP contribution in [0.5, 0.6) is 0 Å². The topological polar surface area (TPSA) is 37.4 Å². The summed E-state index contributed by atoms with van der Waals surface area (Å²) in [5, 5.41) is 0. The van der Waals surface area contributed by atoms with E-state index < -0.39 is 10.0 Å². The van der Waals surface area contributed by atoms with E-state index in [0.29, 0.717) is 10.8 Å². The van der Waals surface area contributed by atoms with Gasteiger partial charge < -0.3 is 0 Å². The van der Waals surface area contributed by atoms with Crippen molar-refractivity contribution in [3.05, 3.63) is 14.7 Å². The van der Waals surface area contributed by atoms with Crippen LogP contribution < -0.4 is 0 Å². The maximum absolute atomic E-state index is 12.7. The molecule has 1 aromatic rings. The fourth-order valence-electron chi connectivity index (χ4n) is 2.77. The van der Waals surface area contributed by atoms with E-state index in [1.165, 1.54) is 17.8 Å². The minimum atomic E-state index is -3.36. The molecule has 19 heavy (non-hydrogen) atoms. The monoisotopic (exact) mass is 365 g/mol. The number of sulfonamides is 1. The van der Waals surface area contributed by atoms with Gasteiger partial charge in [-0.1, -0.05) is 19.8 Å². The minimum Gasteiger partial charge on any atom is -0.207 e. The number of aryl methyl sites for hydroxylation is 1. The van der Waals surface area contributed by atoms with Gasteiger partial charge in [-0.15, -0.1) is 11.3 Å². The lowest BCUT2D eigenvalue weighted by molar-refractivity contribution is 0.239. The molecular weight excluding hydrogens is 346 g/mol. The maximum Gasteiger partial charge on any atom is 0.244 e. The molecule has 1 aliphatic rings. The highest BCUT2D eigenvalue weighted by atomic mass is 79.9. The number of rotatable bonds is 3. The Morgan fingerprint density at radius 3 is 2.63 bits per heavy atom. The molecule has 0 radical (unpaired) electrons. The largest absolute Gasteiger partial charge is 0.244 e. The van der Waals surface area contributed by atoms with Crippen molar-refractivity contribution in [2.45, 2.75) is 50.5 Å². The summed E-state index contributed by atoms with van der Waals surface area (Å²) in [6, 6.07) is 1.87. The van der Waals surface area contributed by atoms with Crippen LogP contribution in [0.25, 0.3) is 0 Å². The third kappa shape index (κ3) is 3.23. The van der Waals surface area contributed by atoms with E-state index in [4.69, 9.17) is 0 Å². The summed E-state index contributed by atoms with van der Waals surface area (Å²) in [6.07, 6.45) is 4.29. The van der Waals surface area contributed by atoms with Crippen LogP contribution in [-0.4, -0.2) is 25.8 Å². The second-order valence-corrected chi connectivity index (χ2v) is 10.0. The van der Waals surface area contributed by atoms with Crippen LogP contribution in [-0.2, 0) is 10.0 Å². The highest BCUT2D eigenvalue weighted by molar-refractivity contribution is 9.11. The fraction of sp³-hybridized carbons (Fsp3) is 0.692. The summed E-state index contributed by atoms with van der Waals surface area (Å²) in [4.78, 5) is 1.30. The first-order valence-electron chi connectivity index (χ1n) is 6.56. The Kier molecular flexibility index (Phi) is 4.75. The van der Waals surface area contributed by atoms with Crippen LogP contribution in [0.1, 0.15) is 37.5 Å². The molecule has 1 aromatic heterocycles. The smallest absolute Gasteiger partial charge is 0.207 e. The number of halogens is 1. The average Bonchev–Trinajstić information content (AvgIpc) is 2.68. The van der Waals surface area contributed by atoms with Crippen molar-refractivity contribution in [2.24, 2.45) is 5.92 Å². The van der Waals surface area contributed by atoms with Crippen LogP contribution >= 0.6 is 27.3 Å². The molecule has 2 unspecified atom stereocenters. The van der Waals surface area contributed by atoms with E-state index in [9.17, 15) is 8.42 Å². The van der Waals surface area contributed by atoms with Crippen molar-refractivity contribution >= 4 is 37.3 Å². The lowest BCUT2D eigenvalue weighted by Gasteiger charge is -2.33. The summed E-state index contributed by atoms with van der Waals surface area (Å²) in [5.41, 5.74) is 0. The summed E-state index contributed by atoms with van der Waals surface area (Å²) < 4.78 is 27.8. The van der Waals surface area contributed by atoms with Crippen LogP contribution in [0.15, 0.2) is 14.7 Å². The van der Waals surface area contributed by atoms with Gasteiger partial charge in [-0.2, -0.15) is 4.31 Å². The Balaban J connectivity index is 2.26. The second kappa shape index (κ2) is 5.84.